The first-order valence-electron chi connectivity index (χ1n) is 6.66. The summed E-state index contributed by atoms with van der Waals surface area (Å²) in [6.07, 6.45) is 4.72. The van der Waals surface area contributed by atoms with Gasteiger partial charge in [0.2, 0.25) is 0 Å². The average Bonchev–Trinajstić information content (AvgIpc) is 2.34. The fraction of sp³-hybridized carbons (Fsp3) is 0.533. The lowest BCUT2D eigenvalue weighted by Gasteiger charge is -2.39. The van der Waals surface area contributed by atoms with E-state index in [0.717, 1.165) is 15.4 Å². The zero-order valence-electron chi connectivity index (χ0n) is 11.3. The molecule has 2 nitrogen and oxygen atoms in total. The van der Waals surface area contributed by atoms with Crippen LogP contribution in [0.2, 0.25) is 0 Å². The molecule has 1 fully saturated rings. The molecule has 0 heterocycles. The number of rotatable bonds is 2. The minimum absolute atomic E-state index is 0.00755. The van der Waals surface area contributed by atoms with Gasteiger partial charge in [-0.15, -0.1) is 0 Å². The molecule has 1 aromatic rings. The summed E-state index contributed by atoms with van der Waals surface area (Å²) in [4.78, 5) is 12.4. The fourth-order valence-corrected chi connectivity index (χ4v) is 3.46. The van der Waals surface area contributed by atoms with Gasteiger partial charge in [-0.05, 0) is 52.4 Å². The molecule has 0 aliphatic heterocycles. The van der Waals surface area contributed by atoms with Crippen molar-refractivity contribution < 1.29 is 4.79 Å². The predicted octanol–water partition coefficient (Wildman–Crippen LogP) is 4.91. The van der Waals surface area contributed by atoms with Crippen LogP contribution in [0.4, 0.5) is 0 Å². The summed E-state index contributed by atoms with van der Waals surface area (Å²) in [5, 5.41) is 3.20. The first-order chi connectivity index (χ1) is 8.90. The van der Waals surface area contributed by atoms with Gasteiger partial charge in [0.1, 0.15) is 0 Å². The number of amides is 1. The molecule has 1 aliphatic rings. The van der Waals surface area contributed by atoms with Gasteiger partial charge in [0.05, 0.1) is 5.56 Å². The second-order valence-electron chi connectivity index (χ2n) is 5.88. The maximum atomic E-state index is 12.4. The number of hydrogen-bond acceptors (Lipinski definition) is 1. The molecule has 1 atom stereocenters. The van der Waals surface area contributed by atoms with Gasteiger partial charge in [-0.3, -0.25) is 4.79 Å². The van der Waals surface area contributed by atoms with Crippen LogP contribution < -0.4 is 5.32 Å². The van der Waals surface area contributed by atoms with Gasteiger partial charge in [0.25, 0.3) is 5.91 Å². The minimum Gasteiger partial charge on any atom is -0.349 e. The highest BCUT2D eigenvalue weighted by Gasteiger charge is 2.33. The van der Waals surface area contributed by atoms with Crippen molar-refractivity contribution in [1.82, 2.24) is 5.32 Å². The van der Waals surface area contributed by atoms with E-state index in [1.165, 1.54) is 19.3 Å². The number of carbonyl (C=O) groups excluding carboxylic acids is 1. The summed E-state index contributed by atoms with van der Waals surface area (Å²) in [5.41, 5.74) is 0.877. The molecule has 19 heavy (non-hydrogen) atoms. The highest BCUT2D eigenvalue weighted by molar-refractivity contribution is 9.11. The molecule has 1 unspecified atom stereocenters. The molecule has 1 aliphatic carbocycles. The lowest BCUT2D eigenvalue weighted by atomic mass is 9.73. The first-order valence-corrected chi connectivity index (χ1v) is 8.25. The van der Waals surface area contributed by atoms with Gasteiger partial charge in [-0.1, -0.05) is 42.6 Å². The summed E-state index contributed by atoms with van der Waals surface area (Å²) >= 11 is 6.85. The number of hydrogen-bond donors (Lipinski definition) is 1. The van der Waals surface area contributed by atoms with Crippen molar-refractivity contribution >= 4 is 37.8 Å². The van der Waals surface area contributed by atoms with E-state index in [0.29, 0.717) is 5.56 Å². The van der Waals surface area contributed by atoms with Crippen LogP contribution in [0.1, 0.15) is 49.9 Å². The van der Waals surface area contributed by atoms with Crippen molar-refractivity contribution in [2.24, 2.45) is 5.41 Å². The molecule has 1 aromatic carbocycles. The van der Waals surface area contributed by atoms with Gasteiger partial charge in [0.15, 0.2) is 0 Å². The third-order valence-electron chi connectivity index (χ3n) is 3.99. The molecule has 0 spiro atoms. The molecule has 1 saturated carbocycles. The highest BCUT2D eigenvalue weighted by atomic mass is 79.9. The van der Waals surface area contributed by atoms with Crippen LogP contribution in [0.15, 0.2) is 27.1 Å². The monoisotopic (exact) mass is 387 g/mol. The quantitative estimate of drug-likeness (QED) is 0.766. The number of halogens is 2. The molecule has 1 amide bonds. The van der Waals surface area contributed by atoms with Crippen molar-refractivity contribution in [3.05, 3.63) is 32.7 Å². The van der Waals surface area contributed by atoms with Crippen LogP contribution in [0.5, 0.6) is 0 Å². The maximum absolute atomic E-state index is 12.4. The normalized spacial score (nSPS) is 22.0. The number of benzene rings is 1. The Balaban J connectivity index is 2.14. The Labute approximate surface area is 131 Å². The van der Waals surface area contributed by atoms with Crippen molar-refractivity contribution in [2.75, 3.05) is 0 Å². The first kappa shape index (κ1) is 15.0. The Morgan fingerprint density at radius 3 is 2.74 bits per heavy atom. The Kier molecular flexibility index (Phi) is 4.72. The van der Waals surface area contributed by atoms with E-state index in [4.69, 9.17) is 0 Å². The SMILES string of the molecule is CC1(C)CCCCC1NC(=O)c1cc(Br)ccc1Br. The van der Waals surface area contributed by atoms with E-state index in [1.54, 1.807) is 0 Å². The molecule has 104 valence electrons. The molecule has 0 bridgehead atoms. The van der Waals surface area contributed by atoms with Crippen LogP contribution in [-0.4, -0.2) is 11.9 Å². The van der Waals surface area contributed by atoms with Gasteiger partial charge in [0, 0.05) is 15.0 Å². The Bertz CT molecular complexity index is 485. The summed E-state index contributed by atoms with van der Waals surface area (Å²) in [6, 6.07) is 5.94. The fourth-order valence-electron chi connectivity index (χ4n) is 2.67. The smallest absolute Gasteiger partial charge is 0.252 e. The third kappa shape index (κ3) is 3.60. The lowest BCUT2D eigenvalue weighted by Crippen LogP contribution is -2.46. The third-order valence-corrected chi connectivity index (χ3v) is 5.17. The Hall–Kier alpha value is -0.350. The maximum Gasteiger partial charge on any atom is 0.252 e. The summed E-state index contributed by atoms with van der Waals surface area (Å²) < 4.78 is 1.76. The van der Waals surface area contributed by atoms with Crippen LogP contribution in [0.25, 0.3) is 0 Å². The zero-order chi connectivity index (χ0) is 14.0. The van der Waals surface area contributed by atoms with Gasteiger partial charge in [-0.2, -0.15) is 0 Å². The standard InChI is InChI=1S/C15H19Br2NO/c1-15(2)8-4-3-5-13(15)18-14(19)11-9-10(16)6-7-12(11)17/h6-7,9,13H,3-5,8H2,1-2H3,(H,18,19). The number of nitrogens with one attached hydrogen (secondary N) is 1. The van der Waals surface area contributed by atoms with E-state index in [9.17, 15) is 4.79 Å². The van der Waals surface area contributed by atoms with E-state index in [2.05, 4.69) is 51.0 Å². The van der Waals surface area contributed by atoms with Crippen LogP contribution >= 0.6 is 31.9 Å². The van der Waals surface area contributed by atoms with Crippen molar-refractivity contribution in [3.63, 3.8) is 0 Å². The molecular weight excluding hydrogens is 370 g/mol. The predicted molar refractivity (Wildman–Crippen MR) is 85.3 cm³/mol. The van der Waals surface area contributed by atoms with E-state index in [-0.39, 0.29) is 17.4 Å². The summed E-state index contributed by atoms with van der Waals surface area (Å²) in [5.74, 6) is 0.00755. The molecule has 0 aromatic heterocycles. The molecular formula is C15H19Br2NO. The average molecular weight is 389 g/mol. The molecule has 2 rings (SSSR count). The van der Waals surface area contributed by atoms with Crippen LogP contribution in [0.3, 0.4) is 0 Å². The van der Waals surface area contributed by atoms with Crippen LogP contribution in [0, 0.1) is 5.41 Å². The van der Waals surface area contributed by atoms with Crippen molar-refractivity contribution in [3.8, 4) is 0 Å². The Morgan fingerprint density at radius 1 is 1.32 bits per heavy atom. The van der Waals surface area contributed by atoms with E-state index in [1.807, 2.05) is 18.2 Å². The topological polar surface area (TPSA) is 29.1 Å². The summed E-state index contributed by atoms with van der Waals surface area (Å²) in [6.45, 7) is 4.49. The second kappa shape index (κ2) is 5.96. The highest BCUT2D eigenvalue weighted by Crippen LogP contribution is 2.35. The molecule has 0 saturated heterocycles. The van der Waals surface area contributed by atoms with Crippen molar-refractivity contribution in [2.45, 2.75) is 45.6 Å². The Morgan fingerprint density at radius 2 is 2.05 bits per heavy atom. The van der Waals surface area contributed by atoms with Crippen LogP contribution in [-0.2, 0) is 0 Å². The molecule has 1 N–H and O–H groups in total. The molecule has 0 radical (unpaired) electrons. The summed E-state index contributed by atoms with van der Waals surface area (Å²) in [7, 11) is 0. The largest absolute Gasteiger partial charge is 0.349 e. The minimum atomic E-state index is 0.00755. The van der Waals surface area contributed by atoms with E-state index < -0.39 is 0 Å². The van der Waals surface area contributed by atoms with E-state index >= 15 is 0 Å². The van der Waals surface area contributed by atoms with Crippen molar-refractivity contribution in [1.29, 1.82) is 0 Å². The lowest BCUT2D eigenvalue weighted by molar-refractivity contribution is 0.0852. The molecule has 4 heteroatoms. The second-order valence-corrected chi connectivity index (χ2v) is 7.65. The van der Waals surface area contributed by atoms with Gasteiger partial charge in [-0.25, -0.2) is 0 Å². The van der Waals surface area contributed by atoms with Gasteiger partial charge >= 0.3 is 0 Å². The number of carbonyl (C=O) groups is 1. The zero-order valence-corrected chi connectivity index (χ0v) is 14.5. The van der Waals surface area contributed by atoms with Gasteiger partial charge < -0.3 is 5.32 Å².